The zero-order chi connectivity index (χ0) is 17.3. The van der Waals surface area contributed by atoms with Crippen molar-refractivity contribution >= 4 is 5.96 Å². The highest BCUT2D eigenvalue weighted by atomic mass is 15.3. The molecule has 0 aromatic carbocycles. The van der Waals surface area contributed by atoms with Crippen LogP contribution in [0.2, 0.25) is 0 Å². The van der Waals surface area contributed by atoms with Crippen molar-refractivity contribution in [2.45, 2.75) is 60.0 Å². The Balaban J connectivity index is 2.32. The van der Waals surface area contributed by atoms with E-state index in [2.05, 4.69) is 71.4 Å². The van der Waals surface area contributed by atoms with Gasteiger partial charge in [0.25, 0.3) is 0 Å². The molecule has 0 spiro atoms. The molecule has 0 aliphatic carbocycles. The quantitative estimate of drug-likeness (QED) is 0.388. The van der Waals surface area contributed by atoms with Crippen LogP contribution in [0.4, 0.5) is 0 Å². The highest BCUT2D eigenvalue weighted by Gasteiger charge is 2.07. The van der Waals surface area contributed by atoms with E-state index in [0.717, 1.165) is 50.8 Å². The Morgan fingerprint density at radius 3 is 2.52 bits per heavy atom. The third-order valence-electron chi connectivity index (χ3n) is 3.32. The molecule has 23 heavy (non-hydrogen) atoms. The molecular formula is C17H34N6. The van der Waals surface area contributed by atoms with E-state index in [-0.39, 0.29) is 5.54 Å². The SMILES string of the molecule is CCNC(=NCCCn1nc(C)cc1C)NCCNC(C)(C)C. The molecule has 1 heterocycles. The van der Waals surface area contributed by atoms with Crippen molar-refractivity contribution in [1.29, 1.82) is 0 Å². The van der Waals surface area contributed by atoms with Gasteiger partial charge in [0.15, 0.2) is 5.96 Å². The molecule has 0 fully saturated rings. The fourth-order valence-electron chi connectivity index (χ4n) is 2.27. The van der Waals surface area contributed by atoms with Gasteiger partial charge in [0.05, 0.1) is 5.69 Å². The van der Waals surface area contributed by atoms with Gasteiger partial charge in [0, 0.05) is 44.0 Å². The number of nitrogens with one attached hydrogen (secondary N) is 3. The average Bonchev–Trinajstić information content (AvgIpc) is 2.76. The Kier molecular flexibility index (Phi) is 8.09. The lowest BCUT2D eigenvalue weighted by atomic mass is 10.1. The third kappa shape index (κ3) is 8.59. The maximum Gasteiger partial charge on any atom is 0.191 e. The van der Waals surface area contributed by atoms with Gasteiger partial charge in [-0.05, 0) is 54.0 Å². The first-order valence-electron chi connectivity index (χ1n) is 8.60. The van der Waals surface area contributed by atoms with Crippen LogP contribution in [0.15, 0.2) is 11.1 Å². The van der Waals surface area contributed by atoms with Crippen molar-refractivity contribution in [3.8, 4) is 0 Å². The number of aliphatic imine (C=N–C) groups is 1. The predicted octanol–water partition coefficient (Wildman–Crippen LogP) is 1.83. The monoisotopic (exact) mass is 322 g/mol. The van der Waals surface area contributed by atoms with Gasteiger partial charge < -0.3 is 16.0 Å². The summed E-state index contributed by atoms with van der Waals surface area (Å²) in [7, 11) is 0. The summed E-state index contributed by atoms with van der Waals surface area (Å²) in [6.07, 6.45) is 0.985. The van der Waals surface area contributed by atoms with Gasteiger partial charge in [-0.1, -0.05) is 0 Å². The minimum atomic E-state index is 0.150. The average molecular weight is 323 g/mol. The first kappa shape index (κ1) is 19.5. The molecule has 0 saturated carbocycles. The summed E-state index contributed by atoms with van der Waals surface area (Å²) in [5.74, 6) is 0.886. The van der Waals surface area contributed by atoms with Crippen LogP contribution in [0.5, 0.6) is 0 Å². The molecule has 6 nitrogen and oxygen atoms in total. The van der Waals surface area contributed by atoms with Crippen LogP contribution in [-0.4, -0.2) is 47.5 Å². The summed E-state index contributed by atoms with van der Waals surface area (Å²) in [5, 5.41) is 14.6. The summed E-state index contributed by atoms with van der Waals surface area (Å²) >= 11 is 0. The molecule has 6 heteroatoms. The molecule has 1 aromatic heterocycles. The van der Waals surface area contributed by atoms with Crippen LogP contribution in [-0.2, 0) is 6.54 Å². The van der Waals surface area contributed by atoms with Gasteiger partial charge in [0.1, 0.15) is 0 Å². The largest absolute Gasteiger partial charge is 0.357 e. The van der Waals surface area contributed by atoms with Crippen LogP contribution in [0.3, 0.4) is 0 Å². The van der Waals surface area contributed by atoms with E-state index in [9.17, 15) is 0 Å². The van der Waals surface area contributed by atoms with Gasteiger partial charge in [-0.15, -0.1) is 0 Å². The summed E-state index contributed by atoms with van der Waals surface area (Å²) in [6, 6.07) is 2.11. The number of rotatable bonds is 8. The van der Waals surface area contributed by atoms with E-state index in [1.807, 2.05) is 6.92 Å². The molecule has 0 bridgehead atoms. The van der Waals surface area contributed by atoms with Crippen LogP contribution >= 0.6 is 0 Å². The Morgan fingerprint density at radius 1 is 1.22 bits per heavy atom. The maximum atomic E-state index is 4.62. The highest BCUT2D eigenvalue weighted by molar-refractivity contribution is 5.79. The first-order valence-corrected chi connectivity index (χ1v) is 8.60. The minimum absolute atomic E-state index is 0.150. The number of aryl methyl sites for hydroxylation is 3. The molecule has 0 aliphatic rings. The van der Waals surface area contributed by atoms with E-state index in [1.165, 1.54) is 5.69 Å². The predicted molar refractivity (Wildman–Crippen MR) is 98.1 cm³/mol. The maximum absolute atomic E-state index is 4.62. The van der Waals surface area contributed by atoms with Crippen molar-refractivity contribution in [3.63, 3.8) is 0 Å². The van der Waals surface area contributed by atoms with Crippen LogP contribution < -0.4 is 16.0 Å². The van der Waals surface area contributed by atoms with E-state index >= 15 is 0 Å². The molecule has 0 amide bonds. The third-order valence-corrected chi connectivity index (χ3v) is 3.32. The minimum Gasteiger partial charge on any atom is -0.357 e. The molecule has 3 N–H and O–H groups in total. The lowest BCUT2D eigenvalue weighted by Crippen LogP contribution is -2.44. The standard InChI is InChI=1S/C17H34N6/c1-7-18-16(20-10-11-21-17(4,5)6)19-9-8-12-23-15(3)13-14(2)22-23/h13,21H,7-12H2,1-6H3,(H2,18,19,20). The molecule has 0 saturated heterocycles. The molecule has 0 atom stereocenters. The number of nitrogens with zero attached hydrogens (tertiary/aromatic N) is 3. The summed E-state index contributed by atoms with van der Waals surface area (Å²) in [4.78, 5) is 4.62. The zero-order valence-corrected chi connectivity index (χ0v) is 15.7. The second kappa shape index (κ2) is 9.55. The van der Waals surface area contributed by atoms with E-state index in [4.69, 9.17) is 0 Å². The van der Waals surface area contributed by atoms with Gasteiger partial charge in [-0.25, -0.2) is 0 Å². The lowest BCUT2D eigenvalue weighted by molar-refractivity contribution is 0.428. The van der Waals surface area contributed by atoms with Crippen molar-refractivity contribution in [1.82, 2.24) is 25.7 Å². The second-order valence-corrected chi connectivity index (χ2v) is 6.87. The Labute approximate surface area is 141 Å². The van der Waals surface area contributed by atoms with Crippen molar-refractivity contribution in [2.24, 2.45) is 4.99 Å². The molecule has 1 aromatic rings. The molecule has 0 aliphatic heterocycles. The number of guanidine groups is 1. The van der Waals surface area contributed by atoms with Gasteiger partial charge in [-0.2, -0.15) is 5.10 Å². The molecule has 0 unspecified atom stereocenters. The van der Waals surface area contributed by atoms with Gasteiger partial charge in [-0.3, -0.25) is 9.67 Å². The van der Waals surface area contributed by atoms with E-state index < -0.39 is 0 Å². The van der Waals surface area contributed by atoms with E-state index in [1.54, 1.807) is 0 Å². The highest BCUT2D eigenvalue weighted by Crippen LogP contribution is 2.02. The smallest absolute Gasteiger partial charge is 0.191 e. The first-order chi connectivity index (χ1) is 10.8. The van der Waals surface area contributed by atoms with E-state index in [0.29, 0.717) is 0 Å². The molecular weight excluding hydrogens is 288 g/mol. The lowest BCUT2D eigenvalue weighted by Gasteiger charge is -2.21. The van der Waals surface area contributed by atoms with Crippen molar-refractivity contribution in [3.05, 3.63) is 17.5 Å². The topological polar surface area (TPSA) is 66.3 Å². The number of hydrogen-bond acceptors (Lipinski definition) is 3. The second-order valence-electron chi connectivity index (χ2n) is 6.87. The van der Waals surface area contributed by atoms with Crippen LogP contribution in [0, 0.1) is 13.8 Å². The van der Waals surface area contributed by atoms with Crippen molar-refractivity contribution < 1.29 is 0 Å². The molecule has 1 rings (SSSR count). The van der Waals surface area contributed by atoms with Gasteiger partial charge >= 0.3 is 0 Å². The Bertz CT molecular complexity index is 484. The fourth-order valence-corrected chi connectivity index (χ4v) is 2.27. The molecule has 0 radical (unpaired) electrons. The van der Waals surface area contributed by atoms with Crippen LogP contribution in [0.1, 0.15) is 45.5 Å². The number of hydrogen-bond donors (Lipinski definition) is 3. The zero-order valence-electron chi connectivity index (χ0n) is 15.7. The number of aromatic nitrogens is 2. The van der Waals surface area contributed by atoms with Crippen LogP contribution in [0.25, 0.3) is 0 Å². The normalized spacial score (nSPS) is 12.5. The van der Waals surface area contributed by atoms with Gasteiger partial charge in [0.2, 0.25) is 0 Å². The Hall–Kier alpha value is -1.56. The molecule has 132 valence electrons. The summed E-state index contributed by atoms with van der Waals surface area (Å²) < 4.78 is 2.05. The van der Waals surface area contributed by atoms with Crippen molar-refractivity contribution in [2.75, 3.05) is 26.2 Å². The summed E-state index contributed by atoms with van der Waals surface area (Å²) in [5.41, 5.74) is 2.44. The fraction of sp³-hybridized carbons (Fsp3) is 0.765. The Morgan fingerprint density at radius 2 is 1.96 bits per heavy atom. The summed E-state index contributed by atoms with van der Waals surface area (Å²) in [6.45, 7) is 17.1.